The van der Waals surface area contributed by atoms with Crippen molar-refractivity contribution in [3.05, 3.63) is 108 Å². The number of fused-ring (bicyclic) bond motifs is 2. The molecule has 4 aromatic rings. The van der Waals surface area contributed by atoms with E-state index in [1.54, 1.807) is 36.4 Å². The van der Waals surface area contributed by atoms with E-state index in [4.69, 9.17) is 4.74 Å². The van der Waals surface area contributed by atoms with Crippen molar-refractivity contribution in [1.29, 1.82) is 0 Å². The third-order valence-electron chi connectivity index (χ3n) is 14.0. The zero-order valence-corrected chi connectivity index (χ0v) is 42.6. The monoisotopic (exact) mass is 1030 g/mol. The number of ether oxygens (including phenoxy) is 1. The number of aryl methyl sites for hydroxylation is 1. The van der Waals surface area contributed by atoms with Gasteiger partial charge in [-0.3, -0.25) is 33.6 Å². The Labute approximate surface area is 436 Å². The van der Waals surface area contributed by atoms with Crippen LogP contribution in [0.4, 0.5) is 0 Å². The quantitative estimate of drug-likeness (QED) is 0.0826. The summed E-state index contributed by atoms with van der Waals surface area (Å²) in [7, 11) is 0. The number of carbonyl (C=O) groups is 7. The number of unbranched alkanes of at least 4 members (excludes halogenated alkanes) is 2. The number of aliphatic hydroxyl groups excluding tert-OH is 3. The fourth-order valence-corrected chi connectivity index (χ4v) is 9.48. The molecule has 9 N–H and O–H groups in total. The second kappa shape index (κ2) is 25.7. The summed E-state index contributed by atoms with van der Waals surface area (Å²) in [6, 6.07) is 20.7. The van der Waals surface area contributed by atoms with E-state index in [9.17, 15) is 54.0 Å². The Morgan fingerprint density at radius 3 is 1.84 bits per heavy atom. The highest BCUT2D eigenvalue weighted by atomic mass is 16.5. The lowest BCUT2D eigenvalue weighted by Gasteiger charge is -2.42. The molecule has 0 radical (unpaired) electrons. The molecule has 0 saturated carbocycles. The van der Waals surface area contributed by atoms with Crippen LogP contribution in [0.2, 0.25) is 0 Å². The van der Waals surface area contributed by atoms with Gasteiger partial charge in [0.2, 0.25) is 35.4 Å². The van der Waals surface area contributed by atoms with Gasteiger partial charge in [0.15, 0.2) is 0 Å². The molecule has 3 heterocycles. The van der Waals surface area contributed by atoms with Crippen molar-refractivity contribution >= 4 is 41.4 Å². The third-order valence-corrected chi connectivity index (χ3v) is 14.0. The van der Waals surface area contributed by atoms with Crippen molar-refractivity contribution in [1.82, 2.24) is 36.4 Å². The van der Waals surface area contributed by atoms with E-state index in [0.29, 0.717) is 12.2 Å². The summed E-state index contributed by atoms with van der Waals surface area (Å²) in [4.78, 5) is 100. The Bertz CT molecular complexity index is 2630. The van der Waals surface area contributed by atoms with Crippen LogP contribution in [0.25, 0.3) is 22.3 Å². The molecule has 0 bridgehead atoms. The molecule has 3 aliphatic rings. The number of phenols is 1. The van der Waals surface area contributed by atoms with Crippen LogP contribution in [0.1, 0.15) is 88.1 Å². The van der Waals surface area contributed by atoms with Gasteiger partial charge in [0.25, 0.3) is 5.91 Å². The van der Waals surface area contributed by atoms with Gasteiger partial charge in [-0.15, -0.1) is 0 Å². The molecule has 0 aliphatic carbocycles. The molecular formula is C56H69N7O12. The minimum absolute atomic E-state index is 0.00250. The van der Waals surface area contributed by atoms with E-state index in [-0.39, 0.29) is 69.5 Å². The van der Waals surface area contributed by atoms with Gasteiger partial charge >= 0.3 is 0 Å². The van der Waals surface area contributed by atoms with Crippen molar-refractivity contribution < 1.29 is 58.7 Å². The van der Waals surface area contributed by atoms with Crippen LogP contribution in [-0.2, 0) is 35.2 Å². The number of rotatable bonds is 14. The molecule has 9 atom stereocenters. The number of carbonyl (C=O) groups excluding carboxylic acids is 7. The number of aromatic hydroxyl groups is 1. The first-order valence-corrected chi connectivity index (χ1v) is 25.9. The van der Waals surface area contributed by atoms with Gasteiger partial charge in [-0.1, -0.05) is 80.4 Å². The lowest BCUT2D eigenvalue weighted by molar-refractivity contribution is -0.152. The molecule has 4 aromatic carbocycles. The van der Waals surface area contributed by atoms with E-state index in [1.807, 2.05) is 48.5 Å². The first-order valence-electron chi connectivity index (χ1n) is 25.9. The maximum atomic E-state index is 14.4. The molecule has 7 rings (SSSR count). The zero-order valence-electron chi connectivity index (χ0n) is 42.6. The maximum absolute atomic E-state index is 14.4. The number of hydrogen-bond acceptors (Lipinski definition) is 12. The van der Waals surface area contributed by atoms with E-state index in [1.165, 1.54) is 30.9 Å². The second-order valence-corrected chi connectivity index (χ2v) is 19.6. The Hall–Kier alpha value is -7.35. The summed E-state index contributed by atoms with van der Waals surface area (Å²) in [5.74, 6) is -4.51. The zero-order chi connectivity index (χ0) is 53.8. The fourth-order valence-electron chi connectivity index (χ4n) is 9.48. The molecule has 0 aromatic heterocycles. The van der Waals surface area contributed by atoms with Crippen LogP contribution in [0.5, 0.6) is 11.5 Å². The van der Waals surface area contributed by atoms with E-state index in [0.717, 1.165) is 52.2 Å². The summed E-state index contributed by atoms with van der Waals surface area (Å²) < 4.78 is 5.86. The molecule has 7 amide bonds. The predicted octanol–water partition coefficient (Wildman–Crippen LogP) is 2.72. The molecule has 75 heavy (non-hydrogen) atoms. The number of nitrogens with zero attached hydrogens (tertiary/aromatic N) is 2. The molecule has 3 saturated heterocycles. The highest BCUT2D eigenvalue weighted by Crippen LogP contribution is 2.28. The minimum Gasteiger partial charge on any atom is -0.508 e. The second-order valence-electron chi connectivity index (χ2n) is 19.6. The number of aliphatic hydroxyl groups is 3. The Morgan fingerprint density at radius 1 is 0.693 bits per heavy atom. The van der Waals surface area contributed by atoms with Crippen LogP contribution in [0.15, 0.2) is 97.1 Å². The van der Waals surface area contributed by atoms with Crippen molar-refractivity contribution in [2.45, 2.75) is 133 Å². The standard InChI is InChI=1S/C56H69N7O12/c1-4-5-6-30-75-43-24-20-39(21-25-43)37-14-12-36(13-15-37)38-16-18-40(19-17-38)50(68)58-44-8-7-28-57-53(71)46-27-29-62(46)55(73)48(33(2)64)60-52(70)45(26-11-35-9-22-41(66)23-10-35)59-54(72)47-31-42(67)32-63(47)56(74)49(34(3)65)61-51(44)69/h9-10,12-25,33-34,42,44-49,64-67H,4-8,11,26-32H2,1-3H3,(H,57,71)(H,58,68)(H,59,72)(H,60,70)(H,61,69)/t33?,34?,42-,44+,45?,46-,47?,48?,49?/m1/s1. The fraction of sp³-hybridized carbons (Fsp3) is 0.446. The van der Waals surface area contributed by atoms with Gasteiger partial charge in [-0.25, -0.2) is 0 Å². The summed E-state index contributed by atoms with van der Waals surface area (Å²) in [6.45, 7) is 5.19. The van der Waals surface area contributed by atoms with Gasteiger partial charge in [-0.05, 0) is 117 Å². The van der Waals surface area contributed by atoms with Gasteiger partial charge in [0.05, 0.1) is 24.9 Å². The predicted molar refractivity (Wildman–Crippen MR) is 278 cm³/mol. The van der Waals surface area contributed by atoms with Gasteiger partial charge in [0.1, 0.15) is 47.8 Å². The Kier molecular flexibility index (Phi) is 19.0. The number of amides is 7. The number of benzene rings is 4. The van der Waals surface area contributed by atoms with Crippen molar-refractivity contribution in [2.75, 3.05) is 26.2 Å². The molecule has 3 fully saturated rings. The van der Waals surface area contributed by atoms with Gasteiger partial charge in [-0.2, -0.15) is 0 Å². The molecule has 3 aliphatic heterocycles. The SMILES string of the molecule is CCCCCOc1ccc(-c2ccc(-c3ccc(C(=O)N[C@H]4CCCNC(=O)[C@H]5CCN5C(=O)C(C(C)O)NC(=O)C(CCc5ccc(O)cc5)NC(=O)C5C[C@@H](O)CN5C(=O)C(C(C)O)NC4=O)cc3)cc2)cc1. The summed E-state index contributed by atoms with van der Waals surface area (Å²) >= 11 is 0. The highest BCUT2D eigenvalue weighted by Gasteiger charge is 2.45. The first-order chi connectivity index (χ1) is 36.0. The van der Waals surface area contributed by atoms with E-state index >= 15 is 0 Å². The maximum Gasteiger partial charge on any atom is 0.251 e. The number of hydrogen-bond donors (Lipinski definition) is 9. The Morgan fingerprint density at radius 2 is 1.27 bits per heavy atom. The van der Waals surface area contributed by atoms with Crippen molar-refractivity contribution in [3.8, 4) is 33.8 Å². The third kappa shape index (κ3) is 14.3. The summed E-state index contributed by atoms with van der Waals surface area (Å²) in [5, 5.41) is 55.8. The average molecular weight is 1030 g/mol. The topological polar surface area (TPSA) is 276 Å². The normalized spacial score (nSPS) is 23.9. The van der Waals surface area contributed by atoms with E-state index < -0.39 is 95.9 Å². The minimum atomic E-state index is -1.67. The smallest absolute Gasteiger partial charge is 0.251 e. The van der Waals surface area contributed by atoms with Crippen molar-refractivity contribution in [2.24, 2.45) is 0 Å². The largest absolute Gasteiger partial charge is 0.508 e. The van der Waals surface area contributed by atoms with Gasteiger partial charge in [0, 0.05) is 31.6 Å². The van der Waals surface area contributed by atoms with Crippen LogP contribution in [0, 0.1) is 0 Å². The molecule has 400 valence electrons. The lowest BCUT2D eigenvalue weighted by Crippen LogP contribution is -2.65. The van der Waals surface area contributed by atoms with E-state index in [2.05, 4.69) is 33.5 Å². The average Bonchev–Trinajstić information content (AvgIpc) is 3.79. The van der Waals surface area contributed by atoms with Crippen LogP contribution in [0.3, 0.4) is 0 Å². The molecule has 0 spiro atoms. The lowest BCUT2D eigenvalue weighted by atomic mass is 9.98. The number of nitrogens with one attached hydrogen (secondary N) is 5. The molecule has 6 unspecified atom stereocenters. The Balaban J connectivity index is 1.09. The molecule has 19 nitrogen and oxygen atoms in total. The van der Waals surface area contributed by atoms with Crippen molar-refractivity contribution in [3.63, 3.8) is 0 Å². The van der Waals surface area contributed by atoms with Crippen LogP contribution in [-0.4, -0.2) is 152 Å². The van der Waals surface area contributed by atoms with Crippen LogP contribution >= 0.6 is 0 Å². The molecular weight excluding hydrogens is 963 g/mol. The van der Waals surface area contributed by atoms with Gasteiger partial charge < -0.3 is 61.5 Å². The summed E-state index contributed by atoms with van der Waals surface area (Å²) in [6.07, 6.45) is -0.672. The highest BCUT2D eigenvalue weighted by molar-refractivity contribution is 6.00. The number of phenolic OH excluding ortho intramolecular Hbond substituents is 1. The van der Waals surface area contributed by atoms with Crippen LogP contribution < -0.4 is 31.3 Å². The summed E-state index contributed by atoms with van der Waals surface area (Å²) in [5.41, 5.74) is 4.69. The molecule has 19 heteroatoms. The first kappa shape index (κ1) is 55.4.